The van der Waals surface area contributed by atoms with Gasteiger partial charge in [-0.2, -0.15) is 0 Å². The van der Waals surface area contributed by atoms with Gasteiger partial charge in [-0.1, -0.05) is 18.2 Å². The minimum atomic E-state index is -3.76. The zero-order chi connectivity index (χ0) is 23.4. The molecule has 7 nitrogen and oxygen atoms in total. The van der Waals surface area contributed by atoms with E-state index in [9.17, 15) is 13.2 Å². The Bertz CT molecular complexity index is 1270. The van der Waals surface area contributed by atoms with E-state index in [1.807, 2.05) is 38.1 Å². The zero-order valence-electron chi connectivity index (χ0n) is 18.6. The van der Waals surface area contributed by atoms with E-state index >= 15 is 0 Å². The fourth-order valence-electron chi connectivity index (χ4n) is 3.52. The molecule has 0 bridgehead atoms. The second kappa shape index (κ2) is 9.54. The van der Waals surface area contributed by atoms with Gasteiger partial charge < -0.3 is 14.8 Å². The quantitative estimate of drug-likeness (QED) is 0.552. The summed E-state index contributed by atoms with van der Waals surface area (Å²) in [4.78, 5) is 12.6. The van der Waals surface area contributed by atoms with Crippen LogP contribution >= 0.6 is 0 Å². The molecule has 1 aliphatic heterocycles. The predicted molar refractivity (Wildman–Crippen MR) is 127 cm³/mol. The standard InChI is InChI=1S/C25H26N2O5S/c1-17-4-3-5-22(18(17)2)27-33(29,30)21-9-7-20(8-10-21)25(28)26-13-12-19-6-11-23-24(16-19)32-15-14-31-23/h3-11,16,27H,12-15H2,1-2H3,(H,26,28). The molecule has 3 aromatic rings. The van der Waals surface area contributed by atoms with Gasteiger partial charge in [0.15, 0.2) is 11.5 Å². The molecule has 1 aliphatic rings. The normalized spacial score (nSPS) is 12.8. The molecule has 172 valence electrons. The number of carbonyl (C=O) groups excluding carboxylic acids is 1. The van der Waals surface area contributed by atoms with Crippen molar-refractivity contribution in [3.63, 3.8) is 0 Å². The average molecular weight is 467 g/mol. The topological polar surface area (TPSA) is 93.7 Å². The Labute approximate surface area is 193 Å². The highest BCUT2D eigenvalue weighted by atomic mass is 32.2. The fraction of sp³-hybridized carbons (Fsp3) is 0.240. The SMILES string of the molecule is Cc1cccc(NS(=O)(=O)c2ccc(C(=O)NCCc3ccc4c(c3)OCCO4)cc2)c1C. The summed E-state index contributed by atoms with van der Waals surface area (Å²) in [5, 5.41) is 2.86. The molecule has 1 amide bonds. The Morgan fingerprint density at radius 1 is 0.939 bits per heavy atom. The van der Waals surface area contributed by atoms with Gasteiger partial charge in [0.2, 0.25) is 0 Å². The van der Waals surface area contributed by atoms with Crippen molar-refractivity contribution in [2.75, 3.05) is 24.5 Å². The summed E-state index contributed by atoms with van der Waals surface area (Å²) < 4.78 is 39.2. The third kappa shape index (κ3) is 5.28. The smallest absolute Gasteiger partial charge is 0.261 e. The maximum absolute atomic E-state index is 12.7. The van der Waals surface area contributed by atoms with Crippen molar-refractivity contribution in [1.29, 1.82) is 0 Å². The molecule has 1 heterocycles. The van der Waals surface area contributed by atoms with Crippen molar-refractivity contribution in [2.45, 2.75) is 25.2 Å². The van der Waals surface area contributed by atoms with Crippen LogP contribution in [0.2, 0.25) is 0 Å². The van der Waals surface area contributed by atoms with Gasteiger partial charge in [0.1, 0.15) is 13.2 Å². The largest absolute Gasteiger partial charge is 0.486 e. The Morgan fingerprint density at radius 2 is 1.67 bits per heavy atom. The summed E-state index contributed by atoms with van der Waals surface area (Å²) in [5.41, 5.74) is 3.82. The Balaban J connectivity index is 1.35. The maximum atomic E-state index is 12.7. The van der Waals surface area contributed by atoms with E-state index in [4.69, 9.17) is 9.47 Å². The number of rotatable bonds is 7. The van der Waals surface area contributed by atoms with Crippen molar-refractivity contribution in [3.05, 3.63) is 82.9 Å². The number of amides is 1. The van der Waals surface area contributed by atoms with Crippen LogP contribution in [0.4, 0.5) is 5.69 Å². The highest BCUT2D eigenvalue weighted by Gasteiger charge is 2.17. The first-order valence-corrected chi connectivity index (χ1v) is 12.2. The first-order chi connectivity index (χ1) is 15.8. The van der Waals surface area contributed by atoms with E-state index in [0.29, 0.717) is 37.4 Å². The van der Waals surface area contributed by atoms with E-state index in [1.165, 1.54) is 24.3 Å². The molecule has 8 heteroatoms. The molecule has 3 aromatic carbocycles. The monoisotopic (exact) mass is 466 g/mol. The number of anilines is 1. The number of sulfonamides is 1. The van der Waals surface area contributed by atoms with Gasteiger partial charge in [0, 0.05) is 12.1 Å². The number of benzene rings is 3. The molecule has 0 aliphatic carbocycles. The number of hydrogen-bond donors (Lipinski definition) is 2. The Kier molecular flexibility index (Phi) is 6.55. The molecule has 33 heavy (non-hydrogen) atoms. The Hall–Kier alpha value is -3.52. The molecule has 0 atom stereocenters. The highest BCUT2D eigenvalue weighted by Crippen LogP contribution is 2.30. The van der Waals surface area contributed by atoms with Gasteiger partial charge in [-0.15, -0.1) is 0 Å². The van der Waals surface area contributed by atoms with Crippen LogP contribution in [-0.4, -0.2) is 34.1 Å². The van der Waals surface area contributed by atoms with Gasteiger partial charge in [-0.25, -0.2) is 8.42 Å². The number of ether oxygens (including phenoxy) is 2. The van der Waals surface area contributed by atoms with Gasteiger partial charge in [0.05, 0.1) is 10.6 Å². The number of aryl methyl sites for hydroxylation is 1. The lowest BCUT2D eigenvalue weighted by Gasteiger charge is -2.18. The molecule has 4 rings (SSSR count). The Morgan fingerprint density at radius 3 is 2.42 bits per heavy atom. The molecule has 0 radical (unpaired) electrons. The fourth-order valence-corrected chi connectivity index (χ4v) is 4.64. The molecular weight excluding hydrogens is 440 g/mol. The zero-order valence-corrected chi connectivity index (χ0v) is 19.4. The number of fused-ring (bicyclic) bond motifs is 1. The molecule has 0 saturated heterocycles. The third-order valence-corrected chi connectivity index (χ3v) is 6.96. The van der Waals surface area contributed by atoms with E-state index in [2.05, 4.69) is 10.0 Å². The van der Waals surface area contributed by atoms with Gasteiger partial charge in [-0.3, -0.25) is 9.52 Å². The van der Waals surface area contributed by atoms with Crippen LogP contribution in [0.15, 0.2) is 65.6 Å². The molecule has 0 aromatic heterocycles. The van der Waals surface area contributed by atoms with Gasteiger partial charge in [-0.05, 0) is 79.4 Å². The van der Waals surface area contributed by atoms with Crippen LogP contribution in [0.3, 0.4) is 0 Å². The summed E-state index contributed by atoms with van der Waals surface area (Å²) in [7, 11) is -3.76. The van der Waals surface area contributed by atoms with Gasteiger partial charge >= 0.3 is 0 Å². The third-order valence-electron chi connectivity index (χ3n) is 5.58. The van der Waals surface area contributed by atoms with Crippen LogP contribution in [-0.2, 0) is 16.4 Å². The van der Waals surface area contributed by atoms with Crippen LogP contribution in [0.25, 0.3) is 0 Å². The van der Waals surface area contributed by atoms with E-state index in [1.54, 1.807) is 12.1 Å². The van der Waals surface area contributed by atoms with Crippen LogP contribution in [0.5, 0.6) is 11.5 Å². The molecule has 0 spiro atoms. The van der Waals surface area contributed by atoms with Crippen LogP contribution in [0, 0.1) is 13.8 Å². The minimum absolute atomic E-state index is 0.0937. The van der Waals surface area contributed by atoms with Crippen molar-refractivity contribution in [3.8, 4) is 11.5 Å². The van der Waals surface area contributed by atoms with Crippen LogP contribution < -0.4 is 19.5 Å². The summed E-state index contributed by atoms with van der Waals surface area (Å²) in [6, 6.07) is 17.1. The van der Waals surface area contributed by atoms with Crippen LogP contribution in [0.1, 0.15) is 27.0 Å². The predicted octanol–water partition coefficient (Wildman–Crippen LogP) is 3.85. The lowest BCUT2D eigenvalue weighted by atomic mass is 10.1. The van der Waals surface area contributed by atoms with Crippen molar-refractivity contribution >= 4 is 21.6 Å². The number of hydrogen-bond acceptors (Lipinski definition) is 5. The average Bonchev–Trinajstić information content (AvgIpc) is 2.82. The lowest BCUT2D eigenvalue weighted by molar-refractivity contribution is 0.0954. The first-order valence-electron chi connectivity index (χ1n) is 10.7. The maximum Gasteiger partial charge on any atom is 0.261 e. The van der Waals surface area contributed by atoms with Gasteiger partial charge in [0.25, 0.3) is 15.9 Å². The van der Waals surface area contributed by atoms with E-state index in [-0.39, 0.29) is 10.8 Å². The number of carbonyl (C=O) groups is 1. The second-order valence-corrected chi connectivity index (χ2v) is 9.54. The van der Waals surface area contributed by atoms with Crippen molar-refractivity contribution in [2.24, 2.45) is 0 Å². The first kappa shape index (κ1) is 22.7. The van der Waals surface area contributed by atoms with E-state index in [0.717, 1.165) is 28.2 Å². The second-order valence-electron chi connectivity index (χ2n) is 7.86. The summed E-state index contributed by atoms with van der Waals surface area (Å²) in [5.74, 6) is 1.19. The molecule has 2 N–H and O–H groups in total. The molecular formula is C25H26N2O5S. The summed E-state index contributed by atoms with van der Waals surface area (Å²) in [6.45, 7) is 5.30. The summed E-state index contributed by atoms with van der Waals surface area (Å²) >= 11 is 0. The minimum Gasteiger partial charge on any atom is -0.486 e. The molecule has 0 saturated carbocycles. The summed E-state index contributed by atoms with van der Waals surface area (Å²) in [6.07, 6.45) is 0.634. The number of nitrogens with one attached hydrogen (secondary N) is 2. The highest BCUT2D eigenvalue weighted by molar-refractivity contribution is 7.92. The van der Waals surface area contributed by atoms with Crippen molar-refractivity contribution < 1.29 is 22.7 Å². The molecule has 0 fully saturated rings. The van der Waals surface area contributed by atoms with Crippen molar-refractivity contribution in [1.82, 2.24) is 5.32 Å². The van der Waals surface area contributed by atoms with E-state index < -0.39 is 10.0 Å². The lowest BCUT2D eigenvalue weighted by Crippen LogP contribution is -2.25. The molecule has 0 unspecified atom stereocenters.